The molecule has 4 heteroatoms. The summed E-state index contributed by atoms with van der Waals surface area (Å²) < 4.78 is 5.48. The summed E-state index contributed by atoms with van der Waals surface area (Å²) in [6.45, 7) is 2.55. The van der Waals surface area contributed by atoms with Gasteiger partial charge >= 0.3 is 0 Å². The van der Waals surface area contributed by atoms with Gasteiger partial charge in [-0.05, 0) is 38.6 Å². The zero-order chi connectivity index (χ0) is 11.4. The van der Waals surface area contributed by atoms with Crippen LogP contribution < -0.4 is 10.6 Å². The Labute approximate surface area is 97.1 Å². The molecule has 1 amide bonds. The molecule has 0 spiro atoms. The molecule has 2 aliphatic rings. The number of ether oxygens (including phenoxy) is 1. The first-order valence-corrected chi connectivity index (χ1v) is 6.29. The minimum absolute atomic E-state index is 0.0578. The van der Waals surface area contributed by atoms with Crippen LogP contribution in [-0.2, 0) is 9.53 Å². The number of carbonyl (C=O) groups excluding carboxylic acids is 1. The highest BCUT2D eigenvalue weighted by atomic mass is 16.5. The number of hydrogen-bond donors (Lipinski definition) is 2. The van der Waals surface area contributed by atoms with E-state index in [-0.39, 0.29) is 17.4 Å². The number of nitrogens with one attached hydrogen (secondary N) is 2. The maximum atomic E-state index is 11.9. The third-order valence-electron chi connectivity index (χ3n) is 3.95. The fraction of sp³-hybridized carbons (Fsp3) is 0.917. The summed E-state index contributed by atoms with van der Waals surface area (Å²) >= 11 is 0. The van der Waals surface area contributed by atoms with Crippen LogP contribution in [0, 0.1) is 5.92 Å². The van der Waals surface area contributed by atoms with Crippen LogP contribution >= 0.6 is 0 Å². The number of hydrogen-bond acceptors (Lipinski definition) is 3. The SMILES string of the molecule is COC1(CNC(=O)[C@@H]2CCCNC2)CCC1. The lowest BCUT2D eigenvalue weighted by Crippen LogP contribution is -2.51. The quantitative estimate of drug-likeness (QED) is 0.741. The van der Waals surface area contributed by atoms with Crippen LogP contribution in [-0.4, -0.2) is 38.3 Å². The third-order valence-corrected chi connectivity index (χ3v) is 3.95. The molecule has 1 aliphatic carbocycles. The van der Waals surface area contributed by atoms with E-state index in [2.05, 4.69) is 10.6 Å². The third kappa shape index (κ3) is 2.55. The summed E-state index contributed by atoms with van der Waals surface area (Å²) in [5.41, 5.74) is -0.0578. The average Bonchev–Trinajstić information content (AvgIpc) is 2.29. The Morgan fingerprint density at radius 1 is 1.50 bits per heavy atom. The number of carbonyl (C=O) groups is 1. The van der Waals surface area contributed by atoms with Gasteiger partial charge in [-0.25, -0.2) is 0 Å². The normalized spacial score (nSPS) is 28.2. The van der Waals surface area contributed by atoms with Gasteiger partial charge in [0.15, 0.2) is 0 Å². The lowest BCUT2D eigenvalue weighted by molar-refractivity contribution is -0.129. The minimum atomic E-state index is -0.0578. The molecule has 1 aliphatic heterocycles. The second-order valence-corrected chi connectivity index (χ2v) is 5.00. The summed E-state index contributed by atoms with van der Waals surface area (Å²) in [6, 6.07) is 0. The number of piperidine rings is 1. The Morgan fingerprint density at radius 3 is 2.81 bits per heavy atom. The maximum absolute atomic E-state index is 11.9. The first kappa shape index (κ1) is 11.9. The minimum Gasteiger partial charge on any atom is -0.376 e. The van der Waals surface area contributed by atoms with E-state index in [1.807, 2.05) is 0 Å². The number of rotatable bonds is 4. The van der Waals surface area contributed by atoms with Gasteiger partial charge in [0.2, 0.25) is 5.91 Å². The van der Waals surface area contributed by atoms with Crippen molar-refractivity contribution in [2.24, 2.45) is 5.92 Å². The van der Waals surface area contributed by atoms with Crippen LogP contribution in [0.15, 0.2) is 0 Å². The fourth-order valence-corrected chi connectivity index (χ4v) is 2.49. The second-order valence-electron chi connectivity index (χ2n) is 5.00. The topological polar surface area (TPSA) is 50.4 Å². The van der Waals surface area contributed by atoms with E-state index in [0.717, 1.165) is 38.8 Å². The number of amides is 1. The first-order chi connectivity index (χ1) is 7.76. The molecule has 1 saturated carbocycles. The van der Waals surface area contributed by atoms with Crippen LogP contribution in [0.1, 0.15) is 32.1 Å². The zero-order valence-corrected chi connectivity index (χ0v) is 10.1. The van der Waals surface area contributed by atoms with Crippen LogP contribution in [0.5, 0.6) is 0 Å². The van der Waals surface area contributed by atoms with Crippen molar-refractivity contribution < 1.29 is 9.53 Å². The summed E-state index contributed by atoms with van der Waals surface area (Å²) in [7, 11) is 1.74. The Balaban J connectivity index is 1.74. The molecular formula is C12H22N2O2. The predicted octanol–water partition coefficient (Wildman–Crippen LogP) is 0.671. The second kappa shape index (κ2) is 5.15. The average molecular weight is 226 g/mol. The van der Waals surface area contributed by atoms with Crippen molar-refractivity contribution in [3.05, 3.63) is 0 Å². The predicted molar refractivity (Wildman–Crippen MR) is 62.2 cm³/mol. The van der Waals surface area contributed by atoms with Crippen LogP contribution in [0.25, 0.3) is 0 Å². The molecule has 2 N–H and O–H groups in total. The van der Waals surface area contributed by atoms with Gasteiger partial charge in [0.25, 0.3) is 0 Å². The lowest BCUT2D eigenvalue weighted by atomic mass is 9.80. The van der Waals surface area contributed by atoms with Gasteiger partial charge in [0, 0.05) is 20.2 Å². The van der Waals surface area contributed by atoms with Gasteiger partial charge in [-0.15, -0.1) is 0 Å². The van der Waals surface area contributed by atoms with Crippen molar-refractivity contribution in [3.63, 3.8) is 0 Å². The molecule has 1 saturated heterocycles. The molecule has 0 aromatic carbocycles. The van der Waals surface area contributed by atoms with Gasteiger partial charge in [-0.3, -0.25) is 4.79 Å². The highest BCUT2D eigenvalue weighted by Crippen LogP contribution is 2.34. The molecule has 1 atom stereocenters. The molecular weight excluding hydrogens is 204 g/mol. The summed E-state index contributed by atoms with van der Waals surface area (Å²) in [5.74, 6) is 0.346. The molecule has 0 unspecified atom stereocenters. The van der Waals surface area contributed by atoms with E-state index in [0.29, 0.717) is 6.54 Å². The molecule has 16 heavy (non-hydrogen) atoms. The van der Waals surface area contributed by atoms with Crippen molar-refractivity contribution >= 4 is 5.91 Å². The van der Waals surface area contributed by atoms with Crippen LogP contribution in [0.2, 0.25) is 0 Å². The van der Waals surface area contributed by atoms with Crippen molar-refractivity contribution in [3.8, 4) is 0 Å². The first-order valence-electron chi connectivity index (χ1n) is 6.29. The van der Waals surface area contributed by atoms with Crippen LogP contribution in [0.3, 0.4) is 0 Å². The van der Waals surface area contributed by atoms with E-state index in [1.54, 1.807) is 7.11 Å². The van der Waals surface area contributed by atoms with Crippen molar-refractivity contribution in [1.82, 2.24) is 10.6 Å². The van der Waals surface area contributed by atoms with Gasteiger partial charge < -0.3 is 15.4 Å². The van der Waals surface area contributed by atoms with E-state index >= 15 is 0 Å². The van der Waals surface area contributed by atoms with E-state index in [9.17, 15) is 4.79 Å². The molecule has 2 rings (SSSR count). The van der Waals surface area contributed by atoms with Gasteiger partial charge in [-0.2, -0.15) is 0 Å². The van der Waals surface area contributed by atoms with Crippen molar-refractivity contribution in [2.75, 3.05) is 26.7 Å². The largest absolute Gasteiger partial charge is 0.376 e. The Hall–Kier alpha value is -0.610. The zero-order valence-electron chi connectivity index (χ0n) is 10.1. The highest BCUT2D eigenvalue weighted by Gasteiger charge is 2.37. The highest BCUT2D eigenvalue weighted by molar-refractivity contribution is 5.79. The summed E-state index contributed by atoms with van der Waals surface area (Å²) in [6.07, 6.45) is 5.49. The Morgan fingerprint density at radius 2 is 2.31 bits per heavy atom. The molecule has 0 radical (unpaired) electrons. The van der Waals surface area contributed by atoms with Crippen molar-refractivity contribution in [1.29, 1.82) is 0 Å². The fourth-order valence-electron chi connectivity index (χ4n) is 2.49. The Kier molecular flexibility index (Phi) is 3.82. The molecule has 0 bridgehead atoms. The van der Waals surface area contributed by atoms with E-state index in [4.69, 9.17) is 4.74 Å². The monoisotopic (exact) mass is 226 g/mol. The van der Waals surface area contributed by atoms with E-state index in [1.165, 1.54) is 6.42 Å². The molecule has 92 valence electrons. The molecule has 0 aromatic rings. The summed E-state index contributed by atoms with van der Waals surface area (Å²) in [4.78, 5) is 11.9. The standard InChI is InChI=1S/C12H22N2O2/c1-16-12(5-3-6-12)9-14-11(15)10-4-2-7-13-8-10/h10,13H,2-9H2,1H3,(H,14,15)/t10-/m1/s1. The van der Waals surface area contributed by atoms with Gasteiger partial charge in [0.1, 0.15) is 0 Å². The summed E-state index contributed by atoms with van der Waals surface area (Å²) in [5, 5.41) is 6.30. The van der Waals surface area contributed by atoms with E-state index < -0.39 is 0 Å². The van der Waals surface area contributed by atoms with Crippen LogP contribution in [0.4, 0.5) is 0 Å². The molecule has 1 heterocycles. The van der Waals surface area contributed by atoms with Crippen molar-refractivity contribution in [2.45, 2.75) is 37.7 Å². The van der Waals surface area contributed by atoms with Gasteiger partial charge in [0.05, 0.1) is 11.5 Å². The lowest BCUT2D eigenvalue weighted by Gasteiger charge is -2.40. The smallest absolute Gasteiger partial charge is 0.224 e. The number of methoxy groups -OCH3 is 1. The maximum Gasteiger partial charge on any atom is 0.224 e. The van der Waals surface area contributed by atoms with Gasteiger partial charge in [-0.1, -0.05) is 0 Å². The Bertz CT molecular complexity index is 240. The molecule has 0 aromatic heterocycles. The molecule has 4 nitrogen and oxygen atoms in total. The molecule has 2 fully saturated rings.